The van der Waals surface area contributed by atoms with Crippen LogP contribution < -0.4 is 5.73 Å². The number of halogens is 1. The van der Waals surface area contributed by atoms with E-state index in [9.17, 15) is 0 Å². The third-order valence-corrected chi connectivity index (χ3v) is 6.48. The van der Waals surface area contributed by atoms with Crippen molar-refractivity contribution in [2.75, 3.05) is 13.7 Å². The van der Waals surface area contributed by atoms with Crippen LogP contribution in [0.15, 0.2) is 10.7 Å². The molecule has 5 unspecified atom stereocenters. The molecule has 0 saturated heterocycles. The molecule has 0 amide bonds. The van der Waals surface area contributed by atoms with E-state index in [1.165, 1.54) is 25.0 Å². The van der Waals surface area contributed by atoms with Crippen LogP contribution in [-0.4, -0.2) is 23.5 Å². The highest BCUT2D eigenvalue weighted by molar-refractivity contribution is 9.10. The first kappa shape index (κ1) is 13.3. The van der Waals surface area contributed by atoms with Crippen LogP contribution in [0.5, 0.6) is 0 Å². The van der Waals surface area contributed by atoms with Crippen molar-refractivity contribution in [2.45, 2.75) is 31.8 Å². The Morgan fingerprint density at radius 2 is 2.15 bits per heavy atom. The Balaban J connectivity index is 1.55. The molecule has 1 aromatic rings. The van der Waals surface area contributed by atoms with Crippen LogP contribution in [0.1, 0.15) is 31.0 Å². The first-order valence-corrected chi connectivity index (χ1v) is 8.47. The Morgan fingerprint density at radius 1 is 1.45 bits per heavy atom. The summed E-state index contributed by atoms with van der Waals surface area (Å²) in [7, 11) is 1.72. The van der Waals surface area contributed by atoms with Gasteiger partial charge in [0.1, 0.15) is 0 Å². The van der Waals surface area contributed by atoms with Crippen molar-refractivity contribution in [1.29, 1.82) is 0 Å². The molecule has 3 fully saturated rings. The first-order chi connectivity index (χ1) is 9.72. The van der Waals surface area contributed by atoms with Crippen molar-refractivity contribution in [3.05, 3.63) is 16.4 Å². The van der Waals surface area contributed by atoms with E-state index >= 15 is 0 Å². The van der Waals surface area contributed by atoms with Gasteiger partial charge in [0.15, 0.2) is 0 Å². The minimum Gasteiger partial charge on any atom is -0.383 e. The number of hydrogen-bond donors (Lipinski definition) is 1. The van der Waals surface area contributed by atoms with Crippen molar-refractivity contribution >= 4 is 15.9 Å². The van der Waals surface area contributed by atoms with Crippen molar-refractivity contribution in [3.63, 3.8) is 0 Å². The molecule has 5 atom stereocenters. The summed E-state index contributed by atoms with van der Waals surface area (Å²) in [5.41, 5.74) is 7.80. The molecular weight excluding hydrogens is 318 g/mol. The molecule has 4 nitrogen and oxygen atoms in total. The Hall–Kier alpha value is -0.390. The van der Waals surface area contributed by atoms with Crippen LogP contribution in [0.2, 0.25) is 0 Å². The second-order valence-electron chi connectivity index (χ2n) is 6.68. The van der Waals surface area contributed by atoms with Crippen LogP contribution in [0.4, 0.5) is 0 Å². The van der Waals surface area contributed by atoms with Crippen molar-refractivity contribution in [2.24, 2.45) is 35.3 Å². The summed E-state index contributed by atoms with van der Waals surface area (Å²) in [6.07, 6.45) is 6.23. The molecule has 3 aliphatic carbocycles. The van der Waals surface area contributed by atoms with Crippen molar-refractivity contribution in [3.8, 4) is 0 Å². The molecule has 0 aliphatic heterocycles. The minimum absolute atomic E-state index is 0.127. The number of hydrogen-bond acceptors (Lipinski definition) is 3. The third-order valence-electron chi connectivity index (χ3n) is 5.87. The lowest BCUT2D eigenvalue weighted by Gasteiger charge is -2.18. The zero-order valence-corrected chi connectivity index (χ0v) is 13.4. The number of fused-ring (bicyclic) bond motifs is 5. The summed E-state index contributed by atoms with van der Waals surface area (Å²) in [6, 6.07) is 0.127. The second-order valence-corrected chi connectivity index (χ2v) is 7.54. The van der Waals surface area contributed by atoms with Gasteiger partial charge in [-0.25, -0.2) is 0 Å². The summed E-state index contributed by atoms with van der Waals surface area (Å²) < 4.78 is 8.24. The van der Waals surface area contributed by atoms with Gasteiger partial charge in [0.25, 0.3) is 0 Å². The van der Waals surface area contributed by atoms with E-state index < -0.39 is 0 Å². The zero-order chi connectivity index (χ0) is 13.9. The van der Waals surface area contributed by atoms with Crippen LogP contribution >= 0.6 is 15.9 Å². The van der Waals surface area contributed by atoms with Crippen LogP contribution in [0, 0.1) is 29.6 Å². The molecule has 2 bridgehead atoms. The highest BCUT2D eigenvalue weighted by Crippen LogP contribution is 2.71. The Morgan fingerprint density at radius 3 is 2.80 bits per heavy atom. The molecule has 1 heterocycles. The fourth-order valence-corrected chi connectivity index (χ4v) is 5.67. The number of methoxy groups -OCH3 is 1. The summed E-state index contributed by atoms with van der Waals surface area (Å²) >= 11 is 3.63. The topological polar surface area (TPSA) is 53.1 Å². The lowest BCUT2D eigenvalue weighted by Crippen LogP contribution is -2.23. The maximum absolute atomic E-state index is 6.63. The predicted molar refractivity (Wildman–Crippen MR) is 80.0 cm³/mol. The molecule has 3 saturated carbocycles. The molecule has 0 aromatic carbocycles. The molecule has 4 rings (SSSR count). The van der Waals surface area contributed by atoms with Gasteiger partial charge < -0.3 is 10.5 Å². The van der Waals surface area contributed by atoms with E-state index in [-0.39, 0.29) is 6.04 Å². The summed E-state index contributed by atoms with van der Waals surface area (Å²) in [4.78, 5) is 0. The summed E-state index contributed by atoms with van der Waals surface area (Å²) in [5.74, 6) is 4.43. The van der Waals surface area contributed by atoms with Gasteiger partial charge in [-0.15, -0.1) is 0 Å². The first-order valence-electron chi connectivity index (χ1n) is 7.68. The fraction of sp³-hybridized carbons (Fsp3) is 0.800. The minimum atomic E-state index is 0.127. The molecule has 1 aromatic heterocycles. The number of aromatic nitrogens is 2. The van der Waals surface area contributed by atoms with Crippen LogP contribution in [-0.2, 0) is 11.3 Å². The maximum atomic E-state index is 6.63. The lowest BCUT2D eigenvalue weighted by molar-refractivity contribution is 0.181. The third kappa shape index (κ3) is 1.82. The Labute approximate surface area is 128 Å². The van der Waals surface area contributed by atoms with Gasteiger partial charge in [-0.2, -0.15) is 5.10 Å². The highest BCUT2D eigenvalue weighted by atomic mass is 79.9. The number of nitrogens with zero attached hydrogens (tertiary/aromatic N) is 2. The van der Waals surface area contributed by atoms with Crippen LogP contribution in [0.25, 0.3) is 0 Å². The quantitative estimate of drug-likeness (QED) is 0.896. The fourth-order valence-electron chi connectivity index (χ4n) is 5.11. The van der Waals surface area contributed by atoms with Gasteiger partial charge in [-0.3, -0.25) is 4.68 Å². The molecule has 0 spiro atoms. The molecule has 2 N–H and O–H groups in total. The number of rotatable bonds is 5. The van der Waals surface area contributed by atoms with E-state index in [4.69, 9.17) is 10.5 Å². The van der Waals surface area contributed by atoms with Gasteiger partial charge >= 0.3 is 0 Å². The van der Waals surface area contributed by atoms with Crippen molar-refractivity contribution < 1.29 is 4.74 Å². The average Bonchev–Trinajstić information content (AvgIpc) is 2.75. The summed E-state index contributed by atoms with van der Waals surface area (Å²) in [5, 5.41) is 4.44. The lowest BCUT2D eigenvalue weighted by atomic mass is 9.96. The van der Waals surface area contributed by atoms with E-state index in [1.54, 1.807) is 7.11 Å². The average molecular weight is 340 g/mol. The van der Waals surface area contributed by atoms with Crippen molar-refractivity contribution in [1.82, 2.24) is 9.78 Å². The second kappa shape index (κ2) is 4.82. The van der Waals surface area contributed by atoms with E-state index in [0.717, 1.165) is 34.7 Å². The van der Waals surface area contributed by atoms with Gasteiger partial charge in [0.2, 0.25) is 0 Å². The van der Waals surface area contributed by atoms with E-state index in [0.29, 0.717) is 12.5 Å². The summed E-state index contributed by atoms with van der Waals surface area (Å²) in [6.45, 7) is 1.46. The molecule has 110 valence electrons. The SMILES string of the molecule is COCCn1ncc(Br)c1C(N)C1C2C3CCC(C3)C21. The highest BCUT2D eigenvalue weighted by Gasteiger charge is 2.66. The number of nitrogens with two attached hydrogens (primary N) is 1. The molecule has 5 heteroatoms. The van der Waals surface area contributed by atoms with E-state index in [1.807, 2.05) is 10.9 Å². The molecular formula is C15H22BrN3O. The largest absolute Gasteiger partial charge is 0.383 e. The van der Waals surface area contributed by atoms with E-state index in [2.05, 4.69) is 21.0 Å². The van der Waals surface area contributed by atoms with Crippen LogP contribution in [0.3, 0.4) is 0 Å². The van der Waals surface area contributed by atoms with Gasteiger partial charge in [-0.1, -0.05) is 0 Å². The normalized spacial score (nSPS) is 39.0. The number of ether oxygens (including phenoxy) is 1. The van der Waals surface area contributed by atoms with Gasteiger partial charge in [0, 0.05) is 7.11 Å². The molecule has 3 aliphatic rings. The smallest absolute Gasteiger partial charge is 0.0697 e. The van der Waals surface area contributed by atoms with Gasteiger partial charge in [0.05, 0.1) is 35.6 Å². The molecule has 20 heavy (non-hydrogen) atoms. The Kier molecular flexibility index (Phi) is 3.20. The zero-order valence-electron chi connectivity index (χ0n) is 11.8. The Bertz CT molecular complexity index is 501. The monoisotopic (exact) mass is 339 g/mol. The molecule has 0 radical (unpaired) electrons. The standard InChI is InChI=1S/C15H22BrN3O/c1-20-5-4-19-15(10(16)7-18-19)14(17)13-11-8-2-3-9(6-8)12(11)13/h7-9,11-14H,2-6,17H2,1H3. The predicted octanol–water partition coefficient (Wildman–Crippen LogP) is 2.58. The maximum Gasteiger partial charge on any atom is 0.0697 e. The van der Waals surface area contributed by atoms with Gasteiger partial charge in [-0.05, 0) is 64.8 Å².